The summed E-state index contributed by atoms with van der Waals surface area (Å²) in [5.41, 5.74) is 1.07. The van der Waals surface area contributed by atoms with Gasteiger partial charge in [0, 0.05) is 12.8 Å². The molecule has 0 bridgehead atoms. The molecule has 0 radical (unpaired) electrons. The second-order valence-corrected chi connectivity index (χ2v) is 7.90. The molecule has 2 N–H and O–H groups in total. The summed E-state index contributed by atoms with van der Waals surface area (Å²) >= 11 is 0. The van der Waals surface area contributed by atoms with Crippen LogP contribution in [-0.4, -0.2) is 63.6 Å². The number of hydrogen-bond donors (Lipinski definition) is 2. The first-order chi connectivity index (χ1) is 13.4. The Hall–Kier alpha value is -2.59. The fourth-order valence-corrected chi connectivity index (χ4v) is 3.56. The molecule has 10 heteroatoms. The van der Waals surface area contributed by atoms with Crippen molar-refractivity contribution in [1.29, 1.82) is 0 Å². The van der Waals surface area contributed by atoms with Gasteiger partial charge in [0.2, 0.25) is 17.6 Å². The molecule has 1 aliphatic heterocycles. The van der Waals surface area contributed by atoms with Gasteiger partial charge in [0.1, 0.15) is 11.6 Å². The number of amides is 2. The van der Waals surface area contributed by atoms with Crippen molar-refractivity contribution in [3.63, 3.8) is 0 Å². The zero-order valence-corrected chi connectivity index (χ0v) is 16.5. The first kappa shape index (κ1) is 20.2. The Balaban J connectivity index is 1.61. The third-order valence-corrected chi connectivity index (χ3v) is 5.22. The Morgan fingerprint density at radius 3 is 2.75 bits per heavy atom. The molecule has 150 valence electrons. The topological polar surface area (TPSA) is 122 Å². The number of Topliss-reactive ketones (excluding diaryl/α,β-unsaturated/α-hetero) is 1. The van der Waals surface area contributed by atoms with Gasteiger partial charge in [0.25, 0.3) is 5.89 Å². The monoisotopic (exact) mass is 406 g/mol. The first-order valence-corrected chi connectivity index (χ1v) is 10.5. The average molecular weight is 406 g/mol. The lowest BCUT2D eigenvalue weighted by molar-refractivity contribution is -0.138. The summed E-state index contributed by atoms with van der Waals surface area (Å²) in [6, 6.07) is 6.33. The molecule has 28 heavy (non-hydrogen) atoms. The number of fused-ring (bicyclic) bond motifs is 1. The van der Waals surface area contributed by atoms with Crippen molar-refractivity contribution in [2.75, 3.05) is 25.9 Å². The molecule has 0 spiro atoms. The summed E-state index contributed by atoms with van der Waals surface area (Å²) in [6.07, 6.45) is 2.11. The van der Waals surface area contributed by atoms with E-state index in [1.165, 1.54) is 11.2 Å². The van der Waals surface area contributed by atoms with E-state index in [4.69, 9.17) is 4.42 Å². The van der Waals surface area contributed by atoms with Crippen LogP contribution in [0.25, 0.3) is 11.1 Å². The molecule has 1 aromatic carbocycles. The molecule has 9 nitrogen and oxygen atoms in total. The number of oxazole rings is 1. The maximum atomic E-state index is 12.6. The molecule has 3 atom stereocenters. The zero-order valence-electron chi connectivity index (χ0n) is 15.6. The van der Waals surface area contributed by atoms with Gasteiger partial charge >= 0.3 is 0 Å². The van der Waals surface area contributed by atoms with E-state index in [0.717, 1.165) is 0 Å². The van der Waals surface area contributed by atoms with E-state index < -0.39 is 28.7 Å². The predicted molar refractivity (Wildman–Crippen MR) is 103 cm³/mol. The van der Waals surface area contributed by atoms with Gasteiger partial charge in [-0.25, -0.2) is 13.9 Å². The second-order valence-electron chi connectivity index (χ2n) is 6.70. The molecule has 2 aromatic rings. The number of carbonyl (C=O) groups excluding carboxylic acids is 3. The molecule has 3 rings (SSSR count). The largest absolute Gasteiger partial charge is 0.434 e. The van der Waals surface area contributed by atoms with E-state index in [0.29, 0.717) is 24.1 Å². The first-order valence-electron chi connectivity index (χ1n) is 8.89. The third-order valence-electron chi connectivity index (χ3n) is 4.67. The van der Waals surface area contributed by atoms with Crippen molar-refractivity contribution >= 4 is 39.7 Å². The van der Waals surface area contributed by atoms with Crippen LogP contribution in [0.3, 0.4) is 0 Å². The number of aromatic nitrogens is 1. The predicted octanol–water partition coefficient (Wildman–Crippen LogP) is 0.247. The summed E-state index contributed by atoms with van der Waals surface area (Å²) in [7, 11) is -1.31. The van der Waals surface area contributed by atoms with Crippen LogP contribution in [0.1, 0.15) is 24.0 Å². The summed E-state index contributed by atoms with van der Waals surface area (Å²) in [5, 5.41) is 2.58. The SMILES string of the molecule is C[C@H]1CCN(C(=O)CNS(C)=O)C1C(=O)NCC(=O)c1nc2ccccc2o1. The molecule has 1 saturated heterocycles. The van der Waals surface area contributed by atoms with Gasteiger partial charge in [-0.05, 0) is 24.5 Å². The standard InChI is InChI=1S/C18H22N4O5S/c1-11-7-8-22(15(24)10-20-28(2)26)16(11)17(25)19-9-13(23)18-21-12-5-3-4-6-14(12)27-18/h3-6,11,16,20H,7-10H2,1-2H3,(H,19,25)/t11-,16?,28?/m0/s1. The van der Waals surface area contributed by atoms with Crippen LogP contribution in [-0.2, 0) is 20.6 Å². The number of para-hydroxylation sites is 2. The van der Waals surface area contributed by atoms with E-state index in [9.17, 15) is 18.6 Å². The molecule has 1 aromatic heterocycles. The van der Waals surface area contributed by atoms with Crippen LogP contribution in [0.5, 0.6) is 0 Å². The van der Waals surface area contributed by atoms with Gasteiger partial charge < -0.3 is 14.6 Å². The van der Waals surface area contributed by atoms with Gasteiger partial charge in [0.05, 0.1) is 24.1 Å². The van der Waals surface area contributed by atoms with Crippen molar-refractivity contribution < 1.29 is 23.0 Å². The fourth-order valence-electron chi connectivity index (χ4n) is 3.23. The van der Waals surface area contributed by atoms with E-state index in [-0.39, 0.29) is 30.8 Å². The van der Waals surface area contributed by atoms with Gasteiger partial charge in [-0.3, -0.25) is 14.4 Å². The molecule has 0 aliphatic carbocycles. The lowest BCUT2D eigenvalue weighted by Crippen LogP contribution is -2.51. The zero-order chi connectivity index (χ0) is 20.3. The Morgan fingerprint density at radius 2 is 2.04 bits per heavy atom. The highest BCUT2D eigenvalue weighted by molar-refractivity contribution is 7.82. The van der Waals surface area contributed by atoms with Crippen molar-refractivity contribution in [2.24, 2.45) is 5.92 Å². The van der Waals surface area contributed by atoms with Crippen molar-refractivity contribution in [2.45, 2.75) is 19.4 Å². The highest BCUT2D eigenvalue weighted by Crippen LogP contribution is 2.24. The number of nitrogens with one attached hydrogen (secondary N) is 2. The lowest BCUT2D eigenvalue weighted by atomic mass is 10.0. The smallest absolute Gasteiger partial charge is 0.266 e. The molecule has 2 heterocycles. The number of carbonyl (C=O) groups is 3. The maximum absolute atomic E-state index is 12.6. The average Bonchev–Trinajstić information content (AvgIpc) is 3.27. The van der Waals surface area contributed by atoms with Crippen LogP contribution >= 0.6 is 0 Å². The van der Waals surface area contributed by atoms with Gasteiger partial charge in [0.15, 0.2) is 5.58 Å². The Labute approximate surface area is 164 Å². The minimum atomic E-state index is -1.31. The number of benzene rings is 1. The summed E-state index contributed by atoms with van der Waals surface area (Å²) in [5.74, 6) is -1.26. The van der Waals surface area contributed by atoms with Gasteiger partial charge in [-0.2, -0.15) is 0 Å². The second kappa shape index (κ2) is 8.61. The molecular weight excluding hydrogens is 384 g/mol. The fraction of sp³-hybridized carbons (Fsp3) is 0.444. The van der Waals surface area contributed by atoms with Crippen LogP contribution in [0, 0.1) is 5.92 Å². The molecule has 0 saturated carbocycles. The van der Waals surface area contributed by atoms with E-state index >= 15 is 0 Å². The minimum Gasteiger partial charge on any atom is -0.434 e. The van der Waals surface area contributed by atoms with E-state index in [1.54, 1.807) is 24.3 Å². The lowest BCUT2D eigenvalue weighted by Gasteiger charge is -2.26. The van der Waals surface area contributed by atoms with Crippen LogP contribution < -0.4 is 10.0 Å². The quantitative estimate of drug-likeness (QED) is 0.636. The Morgan fingerprint density at radius 1 is 1.29 bits per heavy atom. The van der Waals surface area contributed by atoms with Gasteiger partial charge in [-0.1, -0.05) is 19.1 Å². The number of ketones is 1. The molecule has 2 amide bonds. The Kier molecular flexibility index (Phi) is 6.20. The number of likely N-dealkylation sites (tertiary alicyclic amines) is 1. The molecule has 1 fully saturated rings. The number of nitrogens with zero attached hydrogens (tertiary/aromatic N) is 2. The van der Waals surface area contributed by atoms with E-state index in [1.807, 2.05) is 6.92 Å². The summed E-state index contributed by atoms with van der Waals surface area (Å²) in [6.45, 7) is 1.94. The summed E-state index contributed by atoms with van der Waals surface area (Å²) in [4.78, 5) is 42.8. The molecular formula is C18H22N4O5S. The number of hydrogen-bond acceptors (Lipinski definition) is 6. The van der Waals surface area contributed by atoms with Crippen molar-refractivity contribution in [3.05, 3.63) is 30.2 Å². The Bertz CT molecular complexity index is 895. The van der Waals surface area contributed by atoms with Crippen molar-refractivity contribution in [3.8, 4) is 0 Å². The maximum Gasteiger partial charge on any atom is 0.266 e. The molecule has 1 aliphatic rings. The highest BCUT2D eigenvalue weighted by atomic mass is 32.2. The van der Waals surface area contributed by atoms with Crippen LogP contribution in [0.15, 0.2) is 28.7 Å². The third kappa shape index (κ3) is 4.45. The summed E-state index contributed by atoms with van der Waals surface area (Å²) < 4.78 is 19.1. The minimum absolute atomic E-state index is 0.0458. The highest BCUT2D eigenvalue weighted by Gasteiger charge is 2.39. The molecule has 2 unspecified atom stereocenters. The normalized spacial score (nSPS) is 20.3. The van der Waals surface area contributed by atoms with Crippen molar-refractivity contribution in [1.82, 2.24) is 19.9 Å². The van der Waals surface area contributed by atoms with Crippen LogP contribution in [0.4, 0.5) is 0 Å². The van der Waals surface area contributed by atoms with E-state index in [2.05, 4.69) is 15.0 Å². The van der Waals surface area contributed by atoms with Gasteiger partial charge in [-0.15, -0.1) is 0 Å². The number of rotatable bonds is 7. The van der Waals surface area contributed by atoms with Crippen LogP contribution in [0.2, 0.25) is 0 Å².